The molecule has 2 amide bonds. The van der Waals surface area contributed by atoms with Crippen LogP contribution in [-0.4, -0.2) is 54.6 Å². The smallest absolute Gasteiger partial charge is 0.409 e. The first-order valence-corrected chi connectivity index (χ1v) is 6.96. The number of hydrogen-bond donors (Lipinski definition) is 0. The van der Waals surface area contributed by atoms with Crippen LogP contribution in [-0.2, 0) is 4.74 Å². The topological polar surface area (TPSA) is 49.9 Å². The number of halogens is 1. The molecule has 0 bridgehead atoms. The zero-order chi connectivity index (χ0) is 14.5. The van der Waals surface area contributed by atoms with E-state index in [-0.39, 0.29) is 12.0 Å². The third kappa shape index (κ3) is 3.42. The van der Waals surface area contributed by atoms with Gasteiger partial charge in [-0.3, -0.25) is 4.79 Å². The number of carbonyl (C=O) groups is 2. The molecule has 6 heteroatoms. The lowest BCUT2D eigenvalue weighted by atomic mass is 10.2. The zero-order valence-electron chi connectivity index (χ0n) is 11.3. The molecule has 0 spiro atoms. The summed E-state index contributed by atoms with van der Waals surface area (Å²) in [6, 6.07) is 6.82. The number of hydrogen-bond acceptors (Lipinski definition) is 3. The van der Waals surface area contributed by atoms with Crippen LogP contribution < -0.4 is 0 Å². The Morgan fingerprint density at radius 2 is 1.65 bits per heavy atom. The van der Waals surface area contributed by atoms with Gasteiger partial charge in [0.25, 0.3) is 5.91 Å². The van der Waals surface area contributed by atoms with Crippen LogP contribution in [0.2, 0.25) is 5.02 Å². The number of ether oxygens (including phenoxy) is 1. The Morgan fingerprint density at radius 3 is 2.20 bits per heavy atom. The summed E-state index contributed by atoms with van der Waals surface area (Å²) < 4.78 is 4.94. The minimum absolute atomic E-state index is 0.0369. The van der Waals surface area contributed by atoms with Crippen molar-refractivity contribution >= 4 is 23.6 Å². The van der Waals surface area contributed by atoms with E-state index >= 15 is 0 Å². The van der Waals surface area contributed by atoms with Crippen LogP contribution in [0.4, 0.5) is 4.79 Å². The van der Waals surface area contributed by atoms with Crippen molar-refractivity contribution in [3.63, 3.8) is 0 Å². The minimum Gasteiger partial charge on any atom is -0.450 e. The largest absolute Gasteiger partial charge is 0.450 e. The van der Waals surface area contributed by atoms with E-state index in [2.05, 4.69) is 0 Å². The Hall–Kier alpha value is -1.75. The van der Waals surface area contributed by atoms with Crippen molar-refractivity contribution in [2.45, 2.75) is 6.92 Å². The van der Waals surface area contributed by atoms with Crippen molar-refractivity contribution in [3.8, 4) is 0 Å². The van der Waals surface area contributed by atoms with Gasteiger partial charge in [0, 0.05) is 36.8 Å². The number of benzene rings is 1. The van der Waals surface area contributed by atoms with E-state index in [4.69, 9.17) is 16.3 Å². The van der Waals surface area contributed by atoms with Crippen LogP contribution >= 0.6 is 11.6 Å². The Bertz CT molecular complexity index is 482. The summed E-state index contributed by atoms with van der Waals surface area (Å²) in [5.74, 6) is -0.0369. The number of carbonyl (C=O) groups excluding carboxylic acids is 2. The van der Waals surface area contributed by atoms with Crippen molar-refractivity contribution in [2.24, 2.45) is 0 Å². The summed E-state index contributed by atoms with van der Waals surface area (Å²) >= 11 is 5.80. The van der Waals surface area contributed by atoms with Gasteiger partial charge < -0.3 is 14.5 Å². The number of amides is 2. The standard InChI is InChI=1S/C14H17ClN2O3/c1-2-20-14(19)17-9-7-16(8-10-17)13(18)11-3-5-12(15)6-4-11/h3-6H,2,7-10H2,1H3. The zero-order valence-corrected chi connectivity index (χ0v) is 12.1. The van der Waals surface area contributed by atoms with Gasteiger partial charge in [-0.2, -0.15) is 0 Å². The van der Waals surface area contributed by atoms with Gasteiger partial charge in [-0.25, -0.2) is 4.79 Å². The molecule has 1 aromatic rings. The molecule has 1 aromatic carbocycles. The highest BCUT2D eigenvalue weighted by Crippen LogP contribution is 2.13. The van der Waals surface area contributed by atoms with Crippen LogP contribution in [0.3, 0.4) is 0 Å². The van der Waals surface area contributed by atoms with Gasteiger partial charge in [0.05, 0.1) is 6.61 Å². The van der Waals surface area contributed by atoms with Crippen molar-refractivity contribution in [1.29, 1.82) is 0 Å². The summed E-state index contributed by atoms with van der Waals surface area (Å²) in [5.41, 5.74) is 0.610. The van der Waals surface area contributed by atoms with Crippen LogP contribution in [0.1, 0.15) is 17.3 Å². The Labute approximate surface area is 123 Å². The summed E-state index contributed by atoms with van der Waals surface area (Å²) in [5, 5.41) is 0.605. The van der Waals surface area contributed by atoms with Gasteiger partial charge in [-0.05, 0) is 31.2 Å². The first-order valence-electron chi connectivity index (χ1n) is 6.58. The first-order chi connectivity index (χ1) is 9.61. The molecule has 5 nitrogen and oxygen atoms in total. The van der Waals surface area contributed by atoms with Crippen LogP contribution in [0.15, 0.2) is 24.3 Å². The van der Waals surface area contributed by atoms with Crippen molar-refractivity contribution in [3.05, 3.63) is 34.9 Å². The van der Waals surface area contributed by atoms with E-state index < -0.39 is 0 Å². The van der Waals surface area contributed by atoms with Gasteiger partial charge >= 0.3 is 6.09 Å². The molecule has 1 heterocycles. The molecule has 0 unspecified atom stereocenters. The van der Waals surface area contributed by atoms with E-state index in [0.717, 1.165) is 0 Å². The summed E-state index contributed by atoms with van der Waals surface area (Å²) in [6.07, 6.45) is -0.314. The summed E-state index contributed by atoms with van der Waals surface area (Å²) in [6.45, 7) is 4.16. The Balaban J connectivity index is 1.92. The molecule has 0 saturated carbocycles. The first kappa shape index (κ1) is 14.7. The van der Waals surface area contributed by atoms with E-state index in [1.807, 2.05) is 0 Å². The van der Waals surface area contributed by atoms with Crippen LogP contribution in [0.25, 0.3) is 0 Å². The molecule has 1 aliphatic heterocycles. The maximum atomic E-state index is 12.3. The van der Waals surface area contributed by atoms with Gasteiger partial charge in [0.2, 0.25) is 0 Å². The lowest BCUT2D eigenvalue weighted by Gasteiger charge is -2.34. The van der Waals surface area contributed by atoms with Gasteiger partial charge in [0.15, 0.2) is 0 Å². The lowest BCUT2D eigenvalue weighted by Crippen LogP contribution is -2.50. The number of nitrogens with zero attached hydrogens (tertiary/aromatic N) is 2. The highest BCUT2D eigenvalue weighted by Gasteiger charge is 2.25. The van der Waals surface area contributed by atoms with Crippen molar-refractivity contribution < 1.29 is 14.3 Å². The molecule has 0 radical (unpaired) electrons. The monoisotopic (exact) mass is 296 g/mol. The highest BCUT2D eigenvalue weighted by molar-refractivity contribution is 6.30. The SMILES string of the molecule is CCOC(=O)N1CCN(C(=O)c2ccc(Cl)cc2)CC1. The summed E-state index contributed by atoms with van der Waals surface area (Å²) in [7, 11) is 0. The van der Waals surface area contributed by atoms with Gasteiger partial charge in [0.1, 0.15) is 0 Å². The highest BCUT2D eigenvalue weighted by atomic mass is 35.5. The van der Waals surface area contributed by atoms with Crippen LogP contribution in [0.5, 0.6) is 0 Å². The summed E-state index contributed by atoms with van der Waals surface area (Å²) in [4.78, 5) is 27.2. The molecule has 1 fully saturated rings. The molecule has 2 rings (SSSR count). The fraction of sp³-hybridized carbons (Fsp3) is 0.429. The normalized spacial score (nSPS) is 15.1. The molecular weight excluding hydrogens is 280 g/mol. The fourth-order valence-corrected chi connectivity index (χ4v) is 2.21. The maximum Gasteiger partial charge on any atom is 0.409 e. The predicted molar refractivity (Wildman–Crippen MR) is 76.0 cm³/mol. The molecule has 1 saturated heterocycles. The second-order valence-corrected chi connectivity index (χ2v) is 4.92. The lowest BCUT2D eigenvalue weighted by molar-refractivity contribution is 0.0570. The molecule has 0 aliphatic carbocycles. The van der Waals surface area contributed by atoms with Gasteiger partial charge in [-0.1, -0.05) is 11.6 Å². The second kappa shape index (κ2) is 6.61. The predicted octanol–water partition coefficient (Wildman–Crippen LogP) is 2.25. The second-order valence-electron chi connectivity index (χ2n) is 4.49. The molecule has 20 heavy (non-hydrogen) atoms. The van der Waals surface area contributed by atoms with E-state index in [1.54, 1.807) is 41.0 Å². The van der Waals surface area contributed by atoms with Crippen molar-refractivity contribution in [1.82, 2.24) is 9.80 Å². The molecule has 1 aliphatic rings. The molecule has 0 aromatic heterocycles. The maximum absolute atomic E-state index is 12.3. The minimum atomic E-state index is -0.314. The number of piperazine rings is 1. The van der Waals surface area contributed by atoms with E-state index in [9.17, 15) is 9.59 Å². The molecule has 0 atom stereocenters. The average Bonchev–Trinajstić information content (AvgIpc) is 2.48. The van der Waals surface area contributed by atoms with Crippen molar-refractivity contribution in [2.75, 3.05) is 32.8 Å². The van der Waals surface area contributed by atoms with E-state index in [1.165, 1.54) is 0 Å². The molecular formula is C14H17ClN2O3. The Kier molecular flexibility index (Phi) is 4.84. The molecule has 0 N–H and O–H groups in total. The Morgan fingerprint density at radius 1 is 1.10 bits per heavy atom. The average molecular weight is 297 g/mol. The molecule has 108 valence electrons. The number of rotatable bonds is 2. The van der Waals surface area contributed by atoms with Gasteiger partial charge in [-0.15, -0.1) is 0 Å². The quantitative estimate of drug-likeness (QED) is 0.841. The van der Waals surface area contributed by atoms with Crippen LogP contribution in [0, 0.1) is 0 Å². The van der Waals surface area contributed by atoms with E-state index in [0.29, 0.717) is 43.4 Å². The fourth-order valence-electron chi connectivity index (χ4n) is 2.08. The third-order valence-electron chi connectivity index (χ3n) is 3.18. The third-order valence-corrected chi connectivity index (χ3v) is 3.44.